The number of ether oxygens (including phenoxy) is 1. The molecule has 0 bridgehead atoms. The summed E-state index contributed by atoms with van der Waals surface area (Å²) in [6.45, 7) is 38.8. The quantitative estimate of drug-likeness (QED) is 0.199. The van der Waals surface area contributed by atoms with Gasteiger partial charge in [0.05, 0.1) is 0 Å². The number of allylic oxidation sites excluding steroid dienone is 3. The van der Waals surface area contributed by atoms with Gasteiger partial charge >= 0.3 is 195 Å². The fourth-order valence-corrected chi connectivity index (χ4v) is 12.3. The average Bonchev–Trinajstić information content (AvgIpc) is 3.25. The molecule has 45 heavy (non-hydrogen) atoms. The zero-order valence-electron chi connectivity index (χ0n) is 32.2. The van der Waals surface area contributed by atoms with Gasteiger partial charge in [-0.1, -0.05) is 41.5 Å². The Bertz CT molecular complexity index is 1080. The van der Waals surface area contributed by atoms with E-state index >= 15 is 0 Å². The van der Waals surface area contributed by atoms with Gasteiger partial charge in [-0.25, -0.2) is 0 Å². The summed E-state index contributed by atoms with van der Waals surface area (Å²) in [7, 11) is -3.89. The van der Waals surface area contributed by atoms with Gasteiger partial charge < -0.3 is 0 Å². The van der Waals surface area contributed by atoms with Crippen LogP contribution < -0.4 is 0 Å². The monoisotopic (exact) mass is 724 g/mol. The van der Waals surface area contributed by atoms with E-state index < -0.39 is 16.6 Å². The van der Waals surface area contributed by atoms with Gasteiger partial charge in [0.25, 0.3) is 0 Å². The van der Waals surface area contributed by atoms with Crippen LogP contribution in [0, 0.1) is 23.2 Å². The van der Waals surface area contributed by atoms with E-state index in [1.54, 1.807) is 5.57 Å². The van der Waals surface area contributed by atoms with Gasteiger partial charge in [0, 0.05) is 0 Å². The zero-order chi connectivity index (χ0) is 34.2. The molecule has 3 aliphatic carbocycles. The number of fused-ring (bicyclic) bond motifs is 1. The van der Waals surface area contributed by atoms with E-state index in [0.717, 1.165) is 31.3 Å². The summed E-state index contributed by atoms with van der Waals surface area (Å²) in [4.78, 5) is 0.707. The van der Waals surface area contributed by atoms with Gasteiger partial charge in [0.2, 0.25) is 0 Å². The van der Waals surface area contributed by atoms with E-state index in [1.165, 1.54) is 43.3 Å². The van der Waals surface area contributed by atoms with Crippen molar-refractivity contribution in [3.05, 3.63) is 35.5 Å². The summed E-state index contributed by atoms with van der Waals surface area (Å²) in [6, 6.07) is 0. The van der Waals surface area contributed by atoms with Gasteiger partial charge in [-0.2, -0.15) is 0 Å². The first-order valence-corrected chi connectivity index (χ1v) is 26.6. The third kappa shape index (κ3) is 9.19. The molecule has 0 N–H and O–H groups in total. The van der Waals surface area contributed by atoms with Crippen LogP contribution in [0.4, 0.5) is 0 Å². The van der Waals surface area contributed by atoms with Crippen LogP contribution in [-0.2, 0) is 13.6 Å². The Morgan fingerprint density at radius 1 is 0.956 bits per heavy atom. The minimum atomic E-state index is -1.97. The van der Waals surface area contributed by atoms with Crippen molar-refractivity contribution in [2.75, 3.05) is 6.61 Å². The van der Waals surface area contributed by atoms with Crippen LogP contribution in [0.3, 0.4) is 0 Å². The number of hydrogen-bond acceptors (Lipinski definition) is 3. The number of hydrogen-bond donors (Lipinski definition) is 0. The summed E-state index contributed by atoms with van der Waals surface area (Å²) >= 11 is 0.605. The fourth-order valence-electron chi connectivity index (χ4n) is 7.89. The minimum Gasteiger partial charge on any atom is -0.0604 e. The Hall–Kier alpha value is 0.0532. The first-order chi connectivity index (χ1) is 20.5. The standard InChI is InChI=1S/C39H72O3SeSi2/c1-27(2)40-26-36(43-12)29(4)33-21-22-34-30(18-17-23-39(33,34)11)19-20-31-24-32(41-44(13,14)37(5,6)7)25-35(28(31)3)42-45(15,16)38(8,9)10/h19-20,27,29,32-36H,3,17-18,21-26H2,1-2,4-16H3/b30-19+,31-20+/t29-,32+,33+,34-,35-,36?,39+/m0/s1. The molecule has 0 saturated heterocycles. The second kappa shape index (κ2) is 14.9. The van der Waals surface area contributed by atoms with E-state index in [9.17, 15) is 0 Å². The van der Waals surface area contributed by atoms with Gasteiger partial charge in [-0.3, -0.25) is 0 Å². The summed E-state index contributed by atoms with van der Waals surface area (Å²) in [5.74, 6) is 4.63. The molecule has 0 radical (unpaired) electrons. The Balaban J connectivity index is 1.90. The smallest absolute Gasteiger partial charge is 0.0604 e. The van der Waals surface area contributed by atoms with Gasteiger partial charge in [0.15, 0.2) is 16.6 Å². The molecule has 1 unspecified atom stereocenters. The van der Waals surface area contributed by atoms with E-state index in [0.29, 0.717) is 37.2 Å². The summed E-state index contributed by atoms with van der Waals surface area (Å²) in [6.07, 6.45) is 14.0. The van der Waals surface area contributed by atoms with Crippen molar-refractivity contribution >= 4 is 31.6 Å². The predicted octanol–water partition coefficient (Wildman–Crippen LogP) is 11.8. The molecule has 0 spiro atoms. The van der Waals surface area contributed by atoms with Gasteiger partial charge in [-0.05, 0) is 36.3 Å². The second-order valence-corrected chi connectivity index (χ2v) is 30.1. The Labute approximate surface area is 288 Å². The van der Waals surface area contributed by atoms with Crippen molar-refractivity contribution in [2.24, 2.45) is 23.2 Å². The maximum atomic E-state index is 7.11. The Kier molecular flexibility index (Phi) is 13.1. The van der Waals surface area contributed by atoms with Crippen molar-refractivity contribution in [3.8, 4) is 0 Å². The van der Waals surface area contributed by atoms with Crippen molar-refractivity contribution in [1.82, 2.24) is 0 Å². The van der Waals surface area contributed by atoms with Crippen LogP contribution in [0.2, 0.25) is 46.9 Å². The second-order valence-electron chi connectivity index (χ2n) is 18.4. The van der Waals surface area contributed by atoms with E-state index in [1.807, 2.05) is 0 Å². The van der Waals surface area contributed by atoms with Crippen LogP contribution in [0.25, 0.3) is 0 Å². The first-order valence-electron chi connectivity index (χ1n) is 18.1. The maximum absolute atomic E-state index is 7.11. The SMILES string of the molecule is C=C1/C(=C/C=C2\CCC[C@]3(C)[C@@H]([C@H](C)C(COC(C)C)[Se]C)CC[C@@H]23)C[C@@H](O[Si](C)(C)C(C)(C)C)C[C@@H]1O[Si](C)(C)C(C)(C)C. The van der Waals surface area contributed by atoms with E-state index in [2.05, 4.69) is 113 Å². The normalized spacial score (nSPS) is 32.0. The minimum absolute atomic E-state index is 0.0355. The first kappa shape index (κ1) is 39.5. The molecule has 3 rings (SSSR count). The molecule has 7 atom stereocenters. The third-order valence-electron chi connectivity index (χ3n) is 12.9. The molecule has 260 valence electrons. The molecule has 3 saturated carbocycles. The average molecular weight is 724 g/mol. The van der Waals surface area contributed by atoms with Crippen molar-refractivity contribution < 1.29 is 13.6 Å². The molecule has 0 aliphatic heterocycles. The summed E-state index contributed by atoms with van der Waals surface area (Å²) in [5, 5.41) is 0.346. The fraction of sp³-hybridized carbons (Fsp3) is 0.846. The molecule has 0 aromatic rings. The molecule has 3 nitrogen and oxygen atoms in total. The Morgan fingerprint density at radius 3 is 2.11 bits per heavy atom. The van der Waals surface area contributed by atoms with Crippen LogP contribution in [0.5, 0.6) is 0 Å². The molecular formula is C39H72O3SeSi2. The third-order valence-corrected chi connectivity index (χ3v) is 24.4. The topological polar surface area (TPSA) is 27.7 Å². The molecular weight excluding hydrogens is 652 g/mol. The van der Waals surface area contributed by atoms with Crippen LogP contribution in [0.15, 0.2) is 35.5 Å². The van der Waals surface area contributed by atoms with Crippen molar-refractivity contribution in [2.45, 2.75) is 179 Å². The molecule has 0 amide bonds. The predicted molar refractivity (Wildman–Crippen MR) is 202 cm³/mol. The van der Waals surface area contributed by atoms with E-state index in [-0.39, 0.29) is 22.3 Å². The van der Waals surface area contributed by atoms with Gasteiger partial charge in [-0.15, -0.1) is 0 Å². The molecule has 0 aromatic heterocycles. The van der Waals surface area contributed by atoms with Crippen LogP contribution in [-0.4, -0.2) is 56.5 Å². The molecule has 3 aliphatic rings. The van der Waals surface area contributed by atoms with Crippen LogP contribution in [0.1, 0.15) is 114 Å². The van der Waals surface area contributed by atoms with Crippen molar-refractivity contribution in [3.63, 3.8) is 0 Å². The van der Waals surface area contributed by atoms with E-state index in [4.69, 9.17) is 20.2 Å². The molecule has 6 heteroatoms. The summed E-state index contributed by atoms with van der Waals surface area (Å²) < 4.78 is 20.4. The molecule has 0 heterocycles. The zero-order valence-corrected chi connectivity index (χ0v) is 35.9. The number of rotatable bonds is 11. The van der Waals surface area contributed by atoms with Crippen LogP contribution >= 0.6 is 0 Å². The van der Waals surface area contributed by atoms with Crippen molar-refractivity contribution in [1.29, 1.82) is 0 Å². The Morgan fingerprint density at radius 2 is 1.56 bits per heavy atom. The summed E-state index contributed by atoms with van der Waals surface area (Å²) in [5.41, 5.74) is 4.64. The molecule has 3 fully saturated rings. The molecule has 0 aromatic carbocycles. The van der Waals surface area contributed by atoms with Gasteiger partial charge in [0.1, 0.15) is 0 Å².